The highest BCUT2D eigenvalue weighted by atomic mass is 79.9. The second-order valence-electron chi connectivity index (χ2n) is 4.91. The third-order valence-corrected chi connectivity index (χ3v) is 5.54. The first-order valence-corrected chi connectivity index (χ1v) is 8.36. The van der Waals surface area contributed by atoms with Gasteiger partial charge in [-0.25, -0.2) is 4.39 Å². The lowest BCUT2D eigenvalue weighted by atomic mass is 10.1. The van der Waals surface area contributed by atoms with Crippen LogP contribution in [0.3, 0.4) is 0 Å². The molecule has 2 nitrogen and oxygen atoms in total. The number of anilines is 1. The summed E-state index contributed by atoms with van der Waals surface area (Å²) >= 11 is 5.04. The number of amides is 1. The van der Waals surface area contributed by atoms with E-state index in [0.29, 0.717) is 5.75 Å². The molecule has 21 heavy (non-hydrogen) atoms. The van der Waals surface area contributed by atoms with Gasteiger partial charge in [-0.2, -0.15) is 0 Å². The van der Waals surface area contributed by atoms with Crippen LogP contribution in [0, 0.1) is 12.7 Å². The molecule has 1 aliphatic rings. The first-order chi connectivity index (χ1) is 10.1. The van der Waals surface area contributed by atoms with Crippen molar-refractivity contribution in [2.45, 2.75) is 12.3 Å². The maximum absolute atomic E-state index is 13.1. The number of carbonyl (C=O) groups is 1. The number of thioether (sulfide) groups is 1. The fourth-order valence-electron chi connectivity index (χ4n) is 2.36. The first kappa shape index (κ1) is 14.6. The molecule has 1 amide bonds. The van der Waals surface area contributed by atoms with Crippen molar-refractivity contribution in [2.24, 2.45) is 0 Å². The minimum Gasteiger partial charge on any atom is -0.295 e. The Morgan fingerprint density at radius 1 is 1.24 bits per heavy atom. The molecule has 1 heterocycles. The third-order valence-electron chi connectivity index (χ3n) is 3.44. The Hall–Kier alpha value is -1.33. The van der Waals surface area contributed by atoms with Crippen LogP contribution in [-0.2, 0) is 4.79 Å². The molecule has 1 saturated heterocycles. The Morgan fingerprint density at radius 3 is 2.62 bits per heavy atom. The summed E-state index contributed by atoms with van der Waals surface area (Å²) in [4.78, 5) is 14.0. The molecule has 0 aliphatic carbocycles. The molecule has 2 aromatic carbocycles. The van der Waals surface area contributed by atoms with Crippen molar-refractivity contribution in [3.63, 3.8) is 0 Å². The average molecular weight is 366 g/mol. The van der Waals surface area contributed by atoms with E-state index in [2.05, 4.69) is 15.9 Å². The van der Waals surface area contributed by atoms with Crippen molar-refractivity contribution in [1.82, 2.24) is 0 Å². The fraction of sp³-hybridized carbons (Fsp3) is 0.188. The van der Waals surface area contributed by atoms with E-state index >= 15 is 0 Å². The van der Waals surface area contributed by atoms with Gasteiger partial charge in [0, 0.05) is 10.2 Å². The van der Waals surface area contributed by atoms with Gasteiger partial charge < -0.3 is 0 Å². The molecule has 5 heteroatoms. The molecule has 0 spiro atoms. The van der Waals surface area contributed by atoms with Crippen LogP contribution >= 0.6 is 27.7 Å². The van der Waals surface area contributed by atoms with Crippen LogP contribution < -0.4 is 4.90 Å². The van der Waals surface area contributed by atoms with Crippen LogP contribution in [0.1, 0.15) is 16.5 Å². The second kappa shape index (κ2) is 5.81. The molecule has 2 aromatic rings. The van der Waals surface area contributed by atoms with Gasteiger partial charge in [0.25, 0.3) is 0 Å². The molecule has 0 saturated carbocycles. The number of hydrogen-bond acceptors (Lipinski definition) is 2. The summed E-state index contributed by atoms with van der Waals surface area (Å²) in [5.74, 6) is 0.257. The number of hydrogen-bond donors (Lipinski definition) is 0. The highest BCUT2D eigenvalue weighted by Crippen LogP contribution is 2.42. The summed E-state index contributed by atoms with van der Waals surface area (Å²) in [6.45, 7) is 1.99. The van der Waals surface area contributed by atoms with Crippen LogP contribution in [0.25, 0.3) is 0 Å². The van der Waals surface area contributed by atoms with Gasteiger partial charge in [0.15, 0.2) is 0 Å². The van der Waals surface area contributed by atoms with Crippen LogP contribution in [-0.4, -0.2) is 11.7 Å². The van der Waals surface area contributed by atoms with Crippen LogP contribution in [0.4, 0.5) is 10.1 Å². The van der Waals surface area contributed by atoms with Gasteiger partial charge in [-0.3, -0.25) is 9.69 Å². The van der Waals surface area contributed by atoms with Gasteiger partial charge in [-0.05, 0) is 48.4 Å². The molecular formula is C16H13BrFNOS. The Kier molecular flexibility index (Phi) is 4.04. The molecular weight excluding hydrogens is 353 g/mol. The summed E-state index contributed by atoms with van der Waals surface area (Å²) in [7, 11) is 0. The van der Waals surface area contributed by atoms with Crippen LogP contribution in [0.5, 0.6) is 0 Å². The predicted octanol–water partition coefficient (Wildman–Crippen LogP) is 4.68. The zero-order valence-electron chi connectivity index (χ0n) is 11.3. The molecule has 3 rings (SSSR count). The number of nitrogens with zero attached hydrogens (tertiary/aromatic N) is 1. The van der Waals surface area contributed by atoms with E-state index in [1.165, 1.54) is 12.1 Å². The maximum Gasteiger partial charge on any atom is 0.238 e. The quantitative estimate of drug-likeness (QED) is 0.770. The normalized spacial score (nSPS) is 18.3. The molecule has 1 aliphatic heterocycles. The van der Waals surface area contributed by atoms with E-state index in [-0.39, 0.29) is 17.1 Å². The predicted molar refractivity (Wildman–Crippen MR) is 88.0 cm³/mol. The standard InChI is InChI=1S/C16H13BrFNOS/c1-10-8-13(6-7-14(10)17)19-15(20)9-21-16(19)11-2-4-12(18)5-3-11/h2-8,16H,9H2,1H3. The average Bonchev–Trinajstić information content (AvgIpc) is 2.85. The van der Waals surface area contributed by atoms with E-state index in [1.54, 1.807) is 28.8 Å². The van der Waals surface area contributed by atoms with Gasteiger partial charge in [0.05, 0.1) is 5.75 Å². The monoisotopic (exact) mass is 365 g/mol. The number of aryl methyl sites for hydroxylation is 1. The molecule has 1 unspecified atom stereocenters. The molecule has 0 aromatic heterocycles. The van der Waals surface area contributed by atoms with Gasteiger partial charge in [-0.15, -0.1) is 11.8 Å². The van der Waals surface area contributed by atoms with E-state index in [9.17, 15) is 9.18 Å². The van der Waals surface area contributed by atoms with Crippen molar-refractivity contribution in [3.8, 4) is 0 Å². The fourth-order valence-corrected chi connectivity index (χ4v) is 3.78. The highest BCUT2D eigenvalue weighted by Gasteiger charge is 2.34. The van der Waals surface area contributed by atoms with Gasteiger partial charge in [-0.1, -0.05) is 28.1 Å². The molecule has 1 atom stereocenters. The van der Waals surface area contributed by atoms with Crippen molar-refractivity contribution >= 4 is 39.3 Å². The highest BCUT2D eigenvalue weighted by molar-refractivity contribution is 9.10. The zero-order chi connectivity index (χ0) is 15.0. The molecule has 0 radical (unpaired) electrons. The van der Waals surface area contributed by atoms with Crippen molar-refractivity contribution < 1.29 is 9.18 Å². The Bertz CT molecular complexity index is 689. The lowest BCUT2D eigenvalue weighted by Crippen LogP contribution is -2.27. The largest absolute Gasteiger partial charge is 0.295 e. The van der Waals surface area contributed by atoms with Crippen molar-refractivity contribution in [3.05, 3.63) is 63.9 Å². The third kappa shape index (κ3) is 2.85. The topological polar surface area (TPSA) is 20.3 Å². The zero-order valence-corrected chi connectivity index (χ0v) is 13.7. The van der Waals surface area contributed by atoms with E-state index in [4.69, 9.17) is 0 Å². The SMILES string of the molecule is Cc1cc(N2C(=O)CSC2c2ccc(F)cc2)ccc1Br. The summed E-state index contributed by atoms with van der Waals surface area (Å²) in [5, 5.41) is -0.0984. The minimum absolute atomic E-state index is 0.0797. The summed E-state index contributed by atoms with van der Waals surface area (Å²) in [5.41, 5.74) is 2.89. The Labute approximate surface area is 135 Å². The number of carbonyl (C=O) groups excluding carboxylic acids is 1. The van der Waals surface area contributed by atoms with Gasteiger partial charge >= 0.3 is 0 Å². The molecule has 108 valence electrons. The van der Waals surface area contributed by atoms with Crippen LogP contribution in [0.2, 0.25) is 0 Å². The summed E-state index contributed by atoms with van der Waals surface area (Å²) in [6, 6.07) is 12.2. The van der Waals surface area contributed by atoms with Gasteiger partial charge in [0.2, 0.25) is 5.91 Å². The van der Waals surface area contributed by atoms with Crippen molar-refractivity contribution in [2.75, 3.05) is 10.7 Å². The molecule has 0 N–H and O–H groups in total. The van der Waals surface area contributed by atoms with E-state index in [1.807, 2.05) is 25.1 Å². The summed E-state index contributed by atoms with van der Waals surface area (Å²) < 4.78 is 14.1. The smallest absolute Gasteiger partial charge is 0.238 e. The number of halogens is 2. The molecule has 0 bridgehead atoms. The second-order valence-corrected chi connectivity index (χ2v) is 6.84. The number of rotatable bonds is 2. The molecule has 1 fully saturated rings. The first-order valence-electron chi connectivity index (χ1n) is 6.51. The van der Waals surface area contributed by atoms with Crippen molar-refractivity contribution in [1.29, 1.82) is 0 Å². The summed E-state index contributed by atoms with van der Waals surface area (Å²) in [6.07, 6.45) is 0. The van der Waals surface area contributed by atoms with Gasteiger partial charge in [0.1, 0.15) is 11.2 Å². The van der Waals surface area contributed by atoms with E-state index in [0.717, 1.165) is 21.3 Å². The van der Waals surface area contributed by atoms with Crippen LogP contribution in [0.15, 0.2) is 46.9 Å². The number of benzene rings is 2. The van der Waals surface area contributed by atoms with E-state index < -0.39 is 0 Å². The lowest BCUT2D eigenvalue weighted by Gasteiger charge is -2.25. The maximum atomic E-state index is 13.1. The Balaban J connectivity index is 1.99. The lowest BCUT2D eigenvalue weighted by molar-refractivity contribution is -0.115. The Morgan fingerprint density at radius 2 is 1.95 bits per heavy atom. The minimum atomic E-state index is -0.265.